The summed E-state index contributed by atoms with van der Waals surface area (Å²) in [6, 6.07) is 3.09. The van der Waals surface area contributed by atoms with Crippen LogP contribution in [0.5, 0.6) is 0 Å². The van der Waals surface area contributed by atoms with Gasteiger partial charge in [-0.3, -0.25) is 10.1 Å². The average molecular weight is 265 g/mol. The largest absolute Gasteiger partial charge is 0.371 e. The van der Waals surface area contributed by atoms with Crippen LogP contribution in [0.25, 0.3) is 0 Å². The number of hydrogen-bond donors (Lipinski definition) is 0. The summed E-state index contributed by atoms with van der Waals surface area (Å²) in [7, 11) is 0. The van der Waals surface area contributed by atoms with Crippen molar-refractivity contribution in [3.63, 3.8) is 0 Å². The van der Waals surface area contributed by atoms with Gasteiger partial charge in [0.05, 0.1) is 17.1 Å². The lowest BCUT2D eigenvalue weighted by Crippen LogP contribution is -2.47. The van der Waals surface area contributed by atoms with Crippen LogP contribution >= 0.6 is 0 Å². The molecule has 0 radical (unpaired) electrons. The molecule has 6 heteroatoms. The van der Waals surface area contributed by atoms with E-state index in [4.69, 9.17) is 4.74 Å². The minimum Gasteiger partial charge on any atom is -0.371 e. The van der Waals surface area contributed by atoms with Crippen LogP contribution in [0.4, 0.5) is 11.5 Å². The van der Waals surface area contributed by atoms with Crippen molar-refractivity contribution in [2.45, 2.75) is 38.9 Å². The van der Waals surface area contributed by atoms with Crippen LogP contribution in [0, 0.1) is 10.1 Å². The van der Waals surface area contributed by atoms with Crippen molar-refractivity contribution >= 4 is 11.5 Å². The van der Waals surface area contributed by atoms with Gasteiger partial charge in [-0.05, 0) is 18.9 Å². The molecule has 0 aliphatic carbocycles. The second-order valence-corrected chi connectivity index (χ2v) is 4.70. The van der Waals surface area contributed by atoms with E-state index in [9.17, 15) is 10.1 Å². The van der Waals surface area contributed by atoms with E-state index in [0.717, 1.165) is 12.8 Å². The molecule has 2 atom stereocenters. The Hall–Kier alpha value is -1.69. The first-order valence-corrected chi connectivity index (χ1v) is 6.65. The average Bonchev–Trinajstić information content (AvgIpc) is 2.46. The highest BCUT2D eigenvalue weighted by molar-refractivity contribution is 5.57. The topological polar surface area (TPSA) is 68.5 Å². The Morgan fingerprint density at radius 1 is 1.42 bits per heavy atom. The van der Waals surface area contributed by atoms with E-state index in [2.05, 4.69) is 18.8 Å². The molecule has 1 aromatic heterocycles. The lowest BCUT2D eigenvalue weighted by Gasteiger charge is -2.37. The monoisotopic (exact) mass is 265 g/mol. The van der Waals surface area contributed by atoms with Crippen molar-refractivity contribution < 1.29 is 9.66 Å². The number of nitro groups is 1. The van der Waals surface area contributed by atoms with Gasteiger partial charge in [-0.25, -0.2) is 4.98 Å². The highest BCUT2D eigenvalue weighted by Gasteiger charge is 2.30. The zero-order valence-electron chi connectivity index (χ0n) is 11.3. The van der Waals surface area contributed by atoms with Crippen LogP contribution in [-0.2, 0) is 4.74 Å². The van der Waals surface area contributed by atoms with Gasteiger partial charge in [-0.2, -0.15) is 0 Å². The van der Waals surface area contributed by atoms with E-state index in [1.165, 1.54) is 6.07 Å². The summed E-state index contributed by atoms with van der Waals surface area (Å²) in [5.74, 6) is 0.452. The third kappa shape index (κ3) is 3.01. The van der Waals surface area contributed by atoms with Crippen LogP contribution in [0.2, 0.25) is 0 Å². The molecule has 0 saturated carbocycles. The molecule has 2 rings (SSSR count). The fraction of sp³-hybridized carbons (Fsp3) is 0.615. The maximum atomic E-state index is 11.1. The maximum absolute atomic E-state index is 11.1. The fourth-order valence-electron chi connectivity index (χ4n) is 2.32. The highest BCUT2D eigenvalue weighted by atomic mass is 16.6. The van der Waals surface area contributed by atoms with Crippen molar-refractivity contribution in [3.05, 3.63) is 28.4 Å². The molecule has 1 fully saturated rings. The summed E-state index contributed by atoms with van der Waals surface area (Å²) < 4.78 is 5.90. The lowest BCUT2D eigenvalue weighted by atomic mass is 10.1. The number of rotatable bonds is 4. The van der Waals surface area contributed by atoms with E-state index in [0.29, 0.717) is 18.9 Å². The Labute approximate surface area is 112 Å². The molecule has 6 nitrogen and oxygen atoms in total. The van der Waals surface area contributed by atoms with Crippen LogP contribution in [0.1, 0.15) is 26.7 Å². The maximum Gasteiger partial charge on any atom is 0.311 e. The molecule has 104 valence electrons. The quantitative estimate of drug-likeness (QED) is 0.617. The molecule has 1 saturated heterocycles. The molecule has 1 aliphatic heterocycles. The molecule has 0 aromatic carbocycles. The number of nitrogens with zero attached hydrogens (tertiary/aromatic N) is 3. The number of pyridine rings is 1. The van der Waals surface area contributed by atoms with Gasteiger partial charge in [-0.15, -0.1) is 0 Å². The third-order valence-corrected chi connectivity index (χ3v) is 3.41. The molecule has 1 aromatic rings. The Balaban J connectivity index is 2.27. The minimum absolute atomic E-state index is 0.0640. The third-order valence-electron chi connectivity index (χ3n) is 3.41. The lowest BCUT2D eigenvalue weighted by molar-refractivity contribution is -0.384. The molecule has 0 spiro atoms. The zero-order valence-corrected chi connectivity index (χ0v) is 11.3. The Morgan fingerprint density at radius 2 is 2.05 bits per heavy atom. The van der Waals surface area contributed by atoms with Crippen LogP contribution < -0.4 is 4.90 Å². The first-order valence-electron chi connectivity index (χ1n) is 6.65. The van der Waals surface area contributed by atoms with Gasteiger partial charge in [-0.1, -0.05) is 13.8 Å². The number of hydrogen-bond acceptors (Lipinski definition) is 5. The van der Waals surface area contributed by atoms with Gasteiger partial charge in [0.25, 0.3) is 0 Å². The van der Waals surface area contributed by atoms with Gasteiger partial charge in [0.1, 0.15) is 0 Å². The SMILES string of the molecule is CCC1CN(c2ncccc2[N+](=O)[O-])CC(CC)O1. The van der Waals surface area contributed by atoms with Gasteiger partial charge in [0, 0.05) is 25.4 Å². The van der Waals surface area contributed by atoms with E-state index in [1.807, 2.05) is 4.90 Å². The van der Waals surface area contributed by atoms with Crippen molar-refractivity contribution in [2.75, 3.05) is 18.0 Å². The van der Waals surface area contributed by atoms with Gasteiger partial charge < -0.3 is 9.64 Å². The van der Waals surface area contributed by atoms with E-state index < -0.39 is 0 Å². The standard InChI is InChI=1S/C13H19N3O3/c1-3-10-8-15(9-11(4-2)19-10)13-12(16(17)18)6-5-7-14-13/h5-7,10-11H,3-4,8-9H2,1-2H3. The number of morpholine rings is 1. The van der Waals surface area contributed by atoms with Crippen LogP contribution in [-0.4, -0.2) is 35.2 Å². The van der Waals surface area contributed by atoms with E-state index >= 15 is 0 Å². The van der Waals surface area contributed by atoms with Gasteiger partial charge in [0.2, 0.25) is 5.82 Å². The molecule has 0 amide bonds. The zero-order chi connectivity index (χ0) is 13.8. The number of ether oxygens (including phenoxy) is 1. The minimum atomic E-state index is -0.375. The summed E-state index contributed by atoms with van der Waals surface area (Å²) in [4.78, 5) is 16.9. The van der Waals surface area contributed by atoms with Crippen molar-refractivity contribution in [2.24, 2.45) is 0 Å². The summed E-state index contributed by atoms with van der Waals surface area (Å²) in [5, 5.41) is 11.1. The smallest absolute Gasteiger partial charge is 0.311 e. The molecule has 2 heterocycles. The highest BCUT2D eigenvalue weighted by Crippen LogP contribution is 2.28. The predicted molar refractivity (Wildman–Crippen MR) is 72.3 cm³/mol. The number of anilines is 1. The summed E-state index contributed by atoms with van der Waals surface area (Å²) in [6.45, 7) is 5.44. The Morgan fingerprint density at radius 3 is 2.58 bits per heavy atom. The summed E-state index contributed by atoms with van der Waals surface area (Å²) in [5.41, 5.74) is 0.0640. The van der Waals surface area contributed by atoms with Crippen LogP contribution in [0.3, 0.4) is 0 Å². The Bertz CT molecular complexity index is 441. The molecule has 0 N–H and O–H groups in total. The van der Waals surface area contributed by atoms with Crippen LogP contribution in [0.15, 0.2) is 18.3 Å². The van der Waals surface area contributed by atoms with E-state index in [1.54, 1.807) is 12.3 Å². The summed E-state index contributed by atoms with van der Waals surface area (Å²) >= 11 is 0. The van der Waals surface area contributed by atoms with E-state index in [-0.39, 0.29) is 22.8 Å². The second kappa shape index (κ2) is 5.97. The first kappa shape index (κ1) is 13.7. The fourth-order valence-corrected chi connectivity index (χ4v) is 2.32. The first-order chi connectivity index (χ1) is 9.15. The molecule has 19 heavy (non-hydrogen) atoms. The normalized spacial score (nSPS) is 23.4. The molecular formula is C13H19N3O3. The van der Waals surface area contributed by atoms with Crippen molar-refractivity contribution in [1.82, 2.24) is 4.98 Å². The van der Waals surface area contributed by atoms with Crippen molar-refractivity contribution in [3.8, 4) is 0 Å². The number of aromatic nitrogens is 1. The molecule has 2 unspecified atom stereocenters. The second-order valence-electron chi connectivity index (χ2n) is 4.70. The van der Waals surface area contributed by atoms with Crippen molar-refractivity contribution in [1.29, 1.82) is 0 Å². The molecular weight excluding hydrogens is 246 g/mol. The van der Waals surface area contributed by atoms with Gasteiger partial charge >= 0.3 is 5.69 Å². The molecule has 1 aliphatic rings. The summed E-state index contributed by atoms with van der Waals surface area (Å²) in [6.07, 6.45) is 3.61. The van der Waals surface area contributed by atoms with Gasteiger partial charge in [0.15, 0.2) is 0 Å². The predicted octanol–water partition coefficient (Wildman–Crippen LogP) is 2.38. The molecule has 0 bridgehead atoms. The Kier molecular flexibility index (Phi) is 4.31.